The third kappa shape index (κ3) is 2.71. The summed E-state index contributed by atoms with van der Waals surface area (Å²) < 4.78 is 0. The molecule has 3 atom stereocenters. The van der Waals surface area contributed by atoms with Crippen molar-refractivity contribution in [1.82, 2.24) is 4.90 Å². The molecule has 0 aliphatic carbocycles. The van der Waals surface area contributed by atoms with Gasteiger partial charge < -0.3 is 15.1 Å². The first-order valence-electron chi connectivity index (χ1n) is 6.29. The normalized spacial score (nSPS) is 25.8. The maximum atomic E-state index is 12.1. The zero-order chi connectivity index (χ0) is 13.1. The van der Waals surface area contributed by atoms with E-state index >= 15 is 0 Å². The number of likely N-dealkylation sites (tertiary alicyclic amines) is 1. The maximum Gasteiger partial charge on any atom is 0.256 e. The molecule has 1 saturated heterocycles. The lowest BCUT2D eigenvalue weighted by Crippen LogP contribution is -2.47. The molecule has 1 amide bonds. The number of β-amino-alcohol motifs (C(OH)–C–C–N with tert-alkyl or cyclic N) is 1. The molecule has 1 aromatic carbocycles. The summed E-state index contributed by atoms with van der Waals surface area (Å²) in [4.78, 5) is 13.7. The lowest BCUT2D eigenvalue weighted by atomic mass is 9.95. The van der Waals surface area contributed by atoms with Crippen LogP contribution < -0.4 is 0 Å². The number of hydrogen-bond donors (Lipinski definition) is 2. The van der Waals surface area contributed by atoms with E-state index in [1.165, 1.54) is 0 Å². The van der Waals surface area contributed by atoms with Crippen molar-refractivity contribution in [3.63, 3.8) is 0 Å². The van der Waals surface area contributed by atoms with Gasteiger partial charge in [0, 0.05) is 13.1 Å². The summed E-state index contributed by atoms with van der Waals surface area (Å²) in [5.41, 5.74) is 0.593. The minimum absolute atomic E-state index is 0.211. The summed E-state index contributed by atoms with van der Waals surface area (Å²) in [5.74, 6) is -0.116. The summed E-state index contributed by atoms with van der Waals surface area (Å²) in [6, 6.07) is 8.88. The lowest BCUT2D eigenvalue weighted by molar-refractivity contribution is -0.144. The largest absolute Gasteiger partial charge is 0.391 e. The fourth-order valence-corrected chi connectivity index (χ4v) is 2.20. The van der Waals surface area contributed by atoms with Crippen molar-refractivity contribution in [1.29, 1.82) is 0 Å². The van der Waals surface area contributed by atoms with Gasteiger partial charge in [0.25, 0.3) is 5.91 Å². The van der Waals surface area contributed by atoms with Crippen molar-refractivity contribution in [2.45, 2.75) is 25.6 Å². The minimum atomic E-state index is -1.13. The molecular formula is C14H19NO3. The average Bonchev–Trinajstić information content (AvgIpc) is 2.41. The van der Waals surface area contributed by atoms with E-state index in [0.29, 0.717) is 18.7 Å². The molecule has 0 bridgehead atoms. The van der Waals surface area contributed by atoms with Crippen molar-refractivity contribution in [2.75, 3.05) is 13.1 Å². The lowest BCUT2D eigenvalue weighted by Gasteiger charge is -2.35. The average molecular weight is 249 g/mol. The van der Waals surface area contributed by atoms with E-state index in [1.54, 1.807) is 29.2 Å². The van der Waals surface area contributed by atoms with Crippen molar-refractivity contribution in [3.8, 4) is 0 Å². The van der Waals surface area contributed by atoms with Gasteiger partial charge in [-0.1, -0.05) is 37.3 Å². The van der Waals surface area contributed by atoms with Crippen LogP contribution in [0.4, 0.5) is 0 Å². The highest BCUT2D eigenvalue weighted by Crippen LogP contribution is 2.21. The highest BCUT2D eigenvalue weighted by atomic mass is 16.3. The monoisotopic (exact) mass is 249 g/mol. The second kappa shape index (κ2) is 5.50. The predicted molar refractivity (Wildman–Crippen MR) is 67.8 cm³/mol. The molecular weight excluding hydrogens is 230 g/mol. The van der Waals surface area contributed by atoms with Gasteiger partial charge in [-0.15, -0.1) is 0 Å². The van der Waals surface area contributed by atoms with Crippen LogP contribution in [0.25, 0.3) is 0 Å². The van der Waals surface area contributed by atoms with Crippen LogP contribution in [0.3, 0.4) is 0 Å². The molecule has 1 aliphatic rings. The van der Waals surface area contributed by atoms with Crippen molar-refractivity contribution >= 4 is 5.91 Å². The Morgan fingerprint density at radius 2 is 2.06 bits per heavy atom. The number of piperidine rings is 1. The number of nitrogens with zero attached hydrogens (tertiary/aromatic N) is 1. The number of aliphatic hydroxyl groups is 2. The van der Waals surface area contributed by atoms with Gasteiger partial charge in [-0.2, -0.15) is 0 Å². The van der Waals surface area contributed by atoms with Crippen LogP contribution in [0.2, 0.25) is 0 Å². The van der Waals surface area contributed by atoms with E-state index in [1.807, 2.05) is 13.0 Å². The Morgan fingerprint density at radius 3 is 2.67 bits per heavy atom. The summed E-state index contributed by atoms with van der Waals surface area (Å²) in [7, 11) is 0. The predicted octanol–water partition coefficient (Wildman–Crippen LogP) is 0.949. The fraction of sp³-hybridized carbons (Fsp3) is 0.500. The van der Waals surface area contributed by atoms with Gasteiger partial charge in [-0.3, -0.25) is 4.79 Å². The smallest absolute Gasteiger partial charge is 0.256 e. The fourth-order valence-electron chi connectivity index (χ4n) is 2.20. The molecule has 1 aliphatic heterocycles. The molecule has 1 fully saturated rings. The van der Waals surface area contributed by atoms with Crippen LogP contribution >= 0.6 is 0 Å². The molecule has 0 radical (unpaired) electrons. The van der Waals surface area contributed by atoms with Gasteiger partial charge in [0.15, 0.2) is 6.10 Å². The Balaban J connectivity index is 2.03. The van der Waals surface area contributed by atoms with Crippen LogP contribution in [0, 0.1) is 5.92 Å². The minimum Gasteiger partial charge on any atom is -0.391 e. The zero-order valence-electron chi connectivity index (χ0n) is 10.5. The van der Waals surface area contributed by atoms with Gasteiger partial charge in [0.2, 0.25) is 0 Å². The number of hydrogen-bond acceptors (Lipinski definition) is 3. The molecule has 2 rings (SSSR count). The number of aliphatic hydroxyl groups excluding tert-OH is 2. The Labute approximate surface area is 107 Å². The molecule has 98 valence electrons. The summed E-state index contributed by atoms with van der Waals surface area (Å²) in [6.45, 7) is 2.88. The number of carbonyl (C=O) groups is 1. The summed E-state index contributed by atoms with van der Waals surface area (Å²) in [6.07, 6.45) is -0.855. The van der Waals surface area contributed by atoms with E-state index in [0.717, 1.165) is 6.42 Å². The van der Waals surface area contributed by atoms with E-state index in [9.17, 15) is 15.0 Å². The van der Waals surface area contributed by atoms with Crippen LogP contribution in [-0.2, 0) is 4.79 Å². The summed E-state index contributed by atoms with van der Waals surface area (Å²) >= 11 is 0. The number of benzene rings is 1. The Bertz CT molecular complexity index is 407. The maximum absolute atomic E-state index is 12.1. The van der Waals surface area contributed by atoms with Crippen LogP contribution in [-0.4, -0.2) is 40.2 Å². The number of amides is 1. The second-order valence-electron chi connectivity index (χ2n) is 4.93. The Morgan fingerprint density at radius 1 is 1.39 bits per heavy atom. The first-order chi connectivity index (χ1) is 8.59. The zero-order valence-corrected chi connectivity index (χ0v) is 10.5. The second-order valence-corrected chi connectivity index (χ2v) is 4.93. The molecule has 1 heterocycles. The molecule has 18 heavy (non-hydrogen) atoms. The first kappa shape index (κ1) is 13.1. The number of carbonyl (C=O) groups excluding carboxylic acids is 1. The topological polar surface area (TPSA) is 60.8 Å². The van der Waals surface area contributed by atoms with Gasteiger partial charge >= 0.3 is 0 Å². The van der Waals surface area contributed by atoms with Gasteiger partial charge in [0.05, 0.1) is 6.10 Å². The standard InChI is InChI=1S/C14H19NO3/c1-10-7-8-15(9-12(10)16)14(18)13(17)11-5-3-2-4-6-11/h2-6,10,12-13,16-17H,7-9H2,1H3/t10?,12?,13-/m0/s1. The third-order valence-electron chi connectivity index (χ3n) is 3.58. The highest BCUT2D eigenvalue weighted by molar-refractivity contribution is 5.82. The van der Waals surface area contributed by atoms with Crippen LogP contribution in [0.5, 0.6) is 0 Å². The van der Waals surface area contributed by atoms with Crippen LogP contribution in [0.15, 0.2) is 30.3 Å². The van der Waals surface area contributed by atoms with E-state index < -0.39 is 12.2 Å². The van der Waals surface area contributed by atoms with Crippen molar-refractivity contribution < 1.29 is 15.0 Å². The molecule has 0 saturated carbocycles. The van der Waals surface area contributed by atoms with E-state index in [2.05, 4.69) is 0 Å². The van der Waals surface area contributed by atoms with Crippen molar-refractivity contribution in [2.24, 2.45) is 5.92 Å². The first-order valence-corrected chi connectivity index (χ1v) is 6.29. The Kier molecular flexibility index (Phi) is 3.99. The van der Waals surface area contributed by atoms with Crippen molar-refractivity contribution in [3.05, 3.63) is 35.9 Å². The van der Waals surface area contributed by atoms with Gasteiger partial charge in [-0.05, 0) is 17.9 Å². The number of rotatable bonds is 2. The SMILES string of the molecule is CC1CCN(C(=O)[C@@H](O)c2ccccc2)CC1O. The highest BCUT2D eigenvalue weighted by Gasteiger charge is 2.30. The molecule has 0 aromatic heterocycles. The van der Waals surface area contributed by atoms with E-state index in [-0.39, 0.29) is 11.8 Å². The molecule has 1 aromatic rings. The van der Waals surface area contributed by atoms with Gasteiger partial charge in [-0.25, -0.2) is 0 Å². The Hall–Kier alpha value is -1.39. The van der Waals surface area contributed by atoms with Gasteiger partial charge in [0.1, 0.15) is 0 Å². The molecule has 0 spiro atoms. The van der Waals surface area contributed by atoms with Crippen LogP contribution in [0.1, 0.15) is 25.0 Å². The molecule has 2 N–H and O–H groups in total. The third-order valence-corrected chi connectivity index (χ3v) is 3.58. The quantitative estimate of drug-likeness (QED) is 0.820. The molecule has 4 nitrogen and oxygen atoms in total. The molecule has 4 heteroatoms. The summed E-state index contributed by atoms with van der Waals surface area (Å²) in [5, 5.41) is 19.8. The van der Waals surface area contributed by atoms with E-state index in [4.69, 9.17) is 0 Å². The molecule has 2 unspecified atom stereocenters.